The fourth-order valence-corrected chi connectivity index (χ4v) is 5.07. The largest absolute Gasteiger partial charge is 0.508 e. The number of phenolic OH excluding ortho intramolecular Hbond substituents is 3. The molecule has 11 heteroatoms. The number of aliphatic carboxylic acids is 1. The topological polar surface area (TPSA) is 193 Å². The molecule has 1 aliphatic rings. The van der Waals surface area contributed by atoms with E-state index < -0.39 is 22.7 Å². The third kappa shape index (κ3) is 7.36. The molecule has 0 spiro atoms. The second-order valence-electron chi connectivity index (χ2n) is 12.4. The third-order valence-electron chi connectivity index (χ3n) is 7.55. The van der Waals surface area contributed by atoms with E-state index in [-0.39, 0.29) is 40.6 Å². The number of methoxy groups -OCH3 is 1. The first kappa shape index (κ1) is 34.5. The number of allylic oxidation sites excluding steroid dienone is 2. The molecular weight excluding hydrogens is 606 g/mol. The van der Waals surface area contributed by atoms with Crippen molar-refractivity contribution in [2.75, 3.05) is 7.11 Å². The molecule has 7 N–H and O–H groups in total. The zero-order chi connectivity index (χ0) is 34.8. The molecule has 5 rings (SSSR count). The van der Waals surface area contributed by atoms with Gasteiger partial charge in [0.25, 0.3) is 0 Å². The van der Waals surface area contributed by atoms with Crippen LogP contribution >= 0.6 is 0 Å². The highest BCUT2D eigenvalue weighted by Gasteiger charge is 2.32. The van der Waals surface area contributed by atoms with Crippen molar-refractivity contribution in [2.45, 2.75) is 58.6 Å². The van der Waals surface area contributed by atoms with Crippen molar-refractivity contribution in [3.05, 3.63) is 87.3 Å². The molecule has 0 radical (unpaired) electrons. The second-order valence-corrected chi connectivity index (χ2v) is 12.4. The molecule has 0 saturated carbocycles. The number of fused-ring (bicyclic) bond motifs is 3. The Balaban J connectivity index is 0.000000280. The Bertz CT molecular complexity index is 1950. The molecule has 47 heavy (non-hydrogen) atoms. The molecule has 11 nitrogen and oxygen atoms in total. The number of benzene rings is 3. The molecule has 1 aliphatic heterocycles. The Morgan fingerprint density at radius 3 is 2.28 bits per heavy atom. The van der Waals surface area contributed by atoms with Gasteiger partial charge in [-0.1, -0.05) is 29.8 Å². The van der Waals surface area contributed by atoms with Gasteiger partial charge < -0.3 is 45.2 Å². The molecule has 1 unspecified atom stereocenters. The summed E-state index contributed by atoms with van der Waals surface area (Å²) in [6.45, 7) is 9.28. The highest BCUT2D eigenvalue weighted by molar-refractivity contribution is 6.02. The van der Waals surface area contributed by atoms with Gasteiger partial charge in [-0.15, -0.1) is 0 Å². The fraction of sp³-hybridized carbons (Fsp3) is 0.278. The zero-order valence-electron chi connectivity index (χ0n) is 27.0. The summed E-state index contributed by atoms with van der Waals surface area (Å²) in [5.41, 5.74) is 6.56. The van der Waals surface area contributed by atoms with Crippen molar-refractivity contribution >= 4 is 23.0 Å². The number of carboxylic acids is 1. The number of nitrogens with two attached hydrogens (primary N) is 1. The molecule has 0 fully saturated rings. The highest BCUT2D eigenvalue weighted by Crippen LogP contribution is 2.49. The first-order valence-electron chi connectivity index (χ1n) is 14.7. The van der Waals surface area contributed by atoms with Gasteiger partial charge in [-0.25, -0.2) is 4.79 Å². The van der Waals surface area contributed by atoms with Crippen LogP contribution in [0.5, 0.6) is 34.5 Å². The molecule has 0 saturated heterocycles. The van der Waals surface area contributed by atoms with Gasteiger partial charge in [0.2, 0.25) is 0 Å². The summed E-state index contributed by atoms with van der Waals surface area (Å²) in [5, 5.41) is 48.2. The minimum absolute atomic E-state index is 0.00458. The van der Waals surface area contributed by atoms with Gasteiger partial charge in [-0.2, -0.15) is 0 Å². The van der Waals surface area contributed by atoms with Crippen molar-refractivity contribution in [1.82, 2.24) is 0 Å². The smallest absolute Gasteiger partial charge is 0.348 e. The normalized spacial score (nSPS) is 14.2. The lowest BCUT2D eigenvalue weighted by molar-refractivity contribution is -0.142. The van der Waals surface area contributed by atoms with Crippen molar-refractivity contribution in [3.63, 3.8) is 0 Å². The van der Waals surface area contributed by atoms with Crippen LogP contribution < -0.4 is 20.8 Å². The summed E-state index contributed by atoms with van der Waals surface area (Å²) in [4.78, 5) is 23.7. The fourth-order valence-electron chi connectivity index (χ4n) is 5.07. The number of carboxylic acid groups (broad SMARTS) is 1. The summed E-state index contributed by atoms with van der Waals surface area (Å²) < 4.78 is 17.8. The van der Waals surface area contributed by atoms with Crippen molar-refractivity contribution < 1.29 is 44.2 Å². The van der Waals surface area contributed by atoms with Crippen LogP contribution in [0.1, 0.15) is 51.3 Å². The Morgan fingerprint density at radius 2 is 1.70 bits per heavy atom. The molecule has 0 aliphatic carbocycles. The van der Waals surface area contributed by atoms with Gasteiger partial charge in [0.1, 0.15) is 45.1 Å². The van der Waals surface area contributed by atoms with Gasteiger partial charge >= 0.3 is 11.6 Å². The van der Waals surface area contributed by atoms with Gasteiger partial charge in [0, 0.05) is 12.0 Å². The lowest BCUT2D eigenvalue weighted by Crippen LogP contribution is -2.46. The third-order valence-corrected chi connectivity index (χ3v) is 7.55. The Hall–Kier alpha value is -5.42. The maximum absolute atomic E-state index is 12.9. The quantitative estimate of drug-likeness (QED) is 0.0782. The van der Waals surface area contributed by atoms with E-state index in [2.05, 4.69) is 6.08 Å². The van der Waals surface area contributed by atoms with E-state index in [9.17, 15) is 24.9 Å². The summed E-state index contributed by atoms with van der Waals surface area (Å²) in [5.74, 6) is -0.864. The second kappa shape index (κ2) is 13.1. The van der Waals surface area contributed by atoms with E-state index in [0.29, 0.717) is 40.0 Å². The van der Waals surface area contributed by atoms with E-state index >= 15 is 0 Å². The summed E-state index contributed by atoms with van der Waals surface area (Å²) >= 11 is 0. The van der Waals surface area contributed by atoms with E-state index in [1.165, 1.54) is 44.4 Å². The van der Waals surface area contributed by atoms with E-state index in [0.717, 1.165) is 11.1 Å². The maximum atomic E-state index is 12.9. The average molecular weight is 646 g/mol. The molecule has 248 valence electrons. The number of rotatable bonds is 7. The number of carbonyl (C=O) groups is 1. The van der Waals surface area contributed by atoms with Crippen LogP contribution in [0.4, 0.5) is 0 Å². The van der Waals surface area contributed by atoms with E-state index in [1.807, 2.05) is 39.8 Å². The first-order valence-corrected chi connectivity index (χ1v) is 14.7. The lowest BCUT2D eigenvalue weighted by Gasteiger charge is -2.31. The van der Waals surface area contributed by atoms with Gasteiger partial charge in [0.05, 0.1) is 12.7 Å². The molecule has 1 atom stereocenters. The Kier molecular flexibility index (Phi) is 9.63. The van der Waals surface area contributed by atoms with Crippen LogP contribution in [-0.2, 0) is 17.6 Å². The van der Waals surface area contributed by atoms with Crippen molar-refractivity contribution in [1.29, 1.82) is 0 Å². The standard InChI is InChI=1S/C26H26O6.C10H13NO4/c1-14(2)6-11-17-22-18(12-13-26(3,4)32-22)24-20(23(17)30-5)21(28)19(25(29)31-24)15-7-9-16(27)10-8-15;1-10(11,9(14)15)5-6-2-3-7(12)8(13)4-6/h6-10,12-13,27-28H,11H2,1-5H3;2-4,12-13H,5,11H2,1H3,(H,14,15). The van der Waals surface area contributed by atoms with Crippen LogP contribution in [-0.4, -0.2) is 49.8 Å². The lowest BCUT2D eigenvalue weighted by atomic mass is 9.93. The number of hydrogen-bond donors (Lipinski definition) is 6. The molecular formula is C36H39NO10. The molecule has 0 bridgehead atoms. The summed E-state index contributed by atoms with van der Waals surface area (Å²) in [7, 11) is 1.52. The van der Waals surface area contributed by atoms with Crippen molar-refractivity contribution in [3.8, 4) is 45.6 Å². The number of ether oxygens (including phenoxy) is 2. The van der Waals surface area contributed by atoms with Crippen LogP contribution in [0, 0.1) is 0 Å². The van der Waals surface area contributed by atoms with Crippen LogP contribution in [0.15, 0.2) is 69.4 Å². The van der Waals surface area contributed by atoms with Crippen LogP contribution in [0.25, 0.3) is 28.2 Å². The minimum atomic E-state index is -1.39. The van der Waals surface area contributed by atoms with Crippen molar-refractivity contribution in [2.24, 2.45) is 5.73 Å². The highest BCUT2D eigenvalue weighted by atomic mass is 16.5. The predicted octanol–water partition coefficient (Wildman–Crippen LogP) is 6.02. The number of aromatic hydroxyl groups is 4. The molecule has 2 heterocycles. The van der Waals surface area contributed by atoms with Gasteiger partial charge in [0.15, 0.2) is 17.1 Å². The first-order chi connectivity index (χ1) is 22.0. The zero-order valence-corrected chi connectivity index (χ0v) is 27.0. The van der Waals surface area contributed by atoms with Gasteiger partial charge in [-0.05, 0) is 88.6 Å². The molecule has 1 aromatic heterocycles. The molecule has 3 aromatic carbocycles. The maximum Gasteiger partial charge on any atom is 0.348 e. The predicted molar refractivity (Wildman–Crippen MR) is 178 cm³/mol. The van der Waals surface area contributed by atoms with Crippen LogP contribution in [0.2, 0.25) is 0 Å². The average Bonchev–Trinajstić information content (AvgIpc) is 2.98. The van der Waals surface area contributed by atoms with E-state index in [1.54, 1.807) is 12.1 Å². The van der Waals surface area contributed by atoms with Crippen LogP contribution in [0.3, 0.4) is 0 Å². The monoisotopic (exact) mass is 645 g/mol. The minimum Gasteiger partial charge on any atom is -0.508 e. The number of hydrogen-bond acceptors (Lipinski definition) is 10. The summed E-state index contributed by atoms with van der Waals surface area (Å²) in [6, 6.07) is 10.1. The Morgan fingerprint density at radius 1 is 1.04 bits per heavy atom. The van der Waals surface area contributed by atoms with E-state index in [4.69, 9.17) is 29.8 Å². The van der Waals surface area contributed by atoms with Gasteiger partial charge in [-0.3, -0.25) is 4.79 Å². The number of phenols is 3. The Labute approximate surface area is 271 Å². The molecule has 4 aromatic rings. The SMILES string of the molecule is CC(N)(Cc1ccc(O)c(O)c1)C(=O)O.COc1c(CC=C(C)C)c2c(c3oc(=O)c(-c4ccc(O)cc4)c(O)c13)C=CC(C)(C)O2. The molecule has 0 amide bonds. The summed E-state index contributed by atoms with van der Waals surface area (Å²) in [6.07, 6.45) is 6.39.